The molecule has 0 spiro atoms. The Morgan fingerprint density at radius 1 is 0.971 bits per heavy atom. The Balaban J connectivity index is 1.35. The van der Waals surface area contributed by atoms with E-state index in [4.69, 9.17) is 23.7 Å². The van der Waals surface area contributed by atoms with Crippen LogP contribution >= 0.6 is 0 Å². The molecule has 12 nitrogen and oxygen atoms in total. The van der Waals surface area contributed by atoms with Crippen molar-refractivity contribution in [2.45, 2.75) is 80.2 Å². The molecule has 10 atom stereocenters. The molecule has 1 aromatic carbocycles. The number of benzene rings is 1. The first kappa shape index (κ1) is 25.1. The molecule has 12 heteroatoms. The summed E-state index contributed by atoms with van der Waals surface area (Å²) in [7, 11) is 3.28. The fraction of sp³-hybridized carbons (Fsp3) is 0.739. The molecule has 35 heavy (non-hydrogen) atoms. The van der Waals surface area contributed by atoms with Gasteiger partial charge in [-0.2, -0.15) is 0 Å². The van der Waals surface area contributed by atoms with Crippen molar-refractivity contribution >= 4 is 0 Å². The average Bonchev–Trinajstić information content (AvgIpc) is 3.28. The molecule has 3 aliphatic heterocycles. The van der Waals surface area contributed by atoms with Crippen LogP contribution in [0.1, 0.15) is 18.9 Å². The van der Waals surface area contributed by atoms with Crippen LogP contribution in [0, 0.1) is 0 Å². The third kappa shape index (κ3) is 4.11. The second kappa shape index (κ2) is 9.38. The molecule has 3 heterocycles. The summed E-state index contributed by atoms with van der Waals surface area (Å²) in [4.78, 5) is 0. The molecule has 3 fully saturated rings. The van der Waals surface area contributed by atoms with Gasteiger partial charge in [-0.25, -0.2) is 0 Å². The van der Waals surface area contributed by atoms with Gasteiger partial charge in [-0.15, -0.1) is 0 Å². The molecule has 0 amide bonds. The quantitative estimate of drug-likeness (QED) is 0.226. The van der Waals surface area contributed by atoms with Gasteiger partial charge in [0.15, 0.2) is 11.5 Å². The summed E-state index contributed by atoms with van der Waals surface area (Å²) in [6.45, 7) is 2.31. The Hall–Kier alpha value is -1.58. The van der Waals surface area contributed by atoms with Crippen LogP contribution in [0.4, 0.5) is 0 Å². The Morgan fingerprint density at radius 2 is 1.71 bits per heavy atom. The molecule has 0 bridgehead atoms. The summed E-state index contributed by atoms with van der Waals surface area (Å²) in [6.07, 6.45) is -5.75. The molecule has 2 saturated heterocycles. The van der Waals surface area contributed by atoms with E-state index in [0.717, 1.165) is 5.56 Å². The van der Waals surface area contributed by atoms with Crippen LogP contribution < -0.4 is 25.4 Å². The molecule has 0 aromatic heterocycles. The predicted octanol–water partition coefficient (Wildman–Crippen LogP) is -2.25. The first-order valence-corrected chi connectivity index (χ1v) is 11.9. The molecule has 1 saturated carbocycles. The molecule has 10 unspecified atom stereocenters. The Kier molecular flexibility index (Phi) is 6.72. The van der Waals surface area contributed by atoms with E-state index in [1.165, 1.54) is 0 Å². The fourth-order valence-corrected chi connectivity index (χ4v) is 5.69. The van der Waals surface area contributed by atoms with Crippen LogP contribution in [0.2, 0.25) is 0 Å². The zero-order valence-electron chi connectivity index (χ0n) is 20.0. The first-order valence-electron chi connectivity index (χ1n) is 11.9. The van der Waals surface area contributed by atoms with E-state index in [0.29, 0.717) is 18.0 Å². The van der Waals surface area contributed by atoms with Gasteiger partial charge in [0.2, 0.25) is 18.9 Å². The molecule has 0 radical (unpaired) electrons. The summed E-state index contributed by atoms with van der Waals surface area (Å²) in [6, 6.07) is 4.19. The lowest BCUT2D eigenvalue weighted by atomic mass is 9.77. The third-order valence-electron chi connectivity index (χ3n) is 7.53. The van der Waals surface area contributed by atoms with E-state index in [1.54, 1.807) is 21.0 Å². The second-order valence-corrected chi connectivity index (χ2v) is 9.80. The predicted molar refractivity (Wildman–Crippen MR) is 121 cm³/mol. The van der Waals surface area contributed by atoms with Gasteiger partial charge in [-0.3, -0.25) is 0 Å². The third-order valence-corrected chi connectivity index (χ3v) is 7.53. The van der Waals surface area contributed by atoms with E-state index >= 15 is 0 Å². The van der Waals surface area contributed by atoms with E-state index in [9.17, 15) is 20.4 Å². The van der Waals surface area contributed by atoms with Crippen molar-refractivity contribution in [1.29, 1.82) is 0 Å². The Bertz CT molecular complexity index is 924. The van der Waals surface area contributed by atoms with E-state index in [-0.39, 0.29) is 19.8 Å². The normalized spacial score (nSPS) is 44.5. The maximum atomic E-state index is 11.7. The lowest BCUT2D eigenvalue weighted by Gasteiger charge is -2.60. The van der Waals surface area contributed by atoms with E-state index in [1.807, 2.05) is 18.2 Å². The number of nitrogens with one attached hydrogen (secondary N) is 3. The lowest BCUT2D eigenvalue weighted by molar-refractivity contribution is -0.482. The topological polar surface area (TPSA) is 163 Å². The van der Waals surface area contributed by atoms with Gasteiger partial charge in [0, 0.05) is 19.5 Å². The number of fused-ring (bicyclic) bond motifs is 3. The fourth-order valence-electron chi connectivity index (χ4n) is 5.69. The smallest absolute Gasteiger partial charge is 0.249 e. The number of hydrogen-bond acceptors (Lipinski definition) is 12. The monoisotopic (exact) mass is 497 g/mol. The highest BCUT2D eigenvalue weighted by Crippen LogP contribution is 2.46. The summed E-state index contributed by atoms with van der Waals surface area (Å²) < 4.78 is 28.8. The second-order valence-electron chi connectivity index (χ2n) is 9.80. The largest absolute Gasteiger partial charge is 0.454 e. The van der Waals surface area contributed by atoms with Crippen molar-refractivity contribution in [1.82, 2.24) is 16.0 Å². The van der Waals surface area contributed by atoms with Crippen molar-refractivity contribution in [2.75, 3.05) is 27.4 Å². The van der Waals surface area contributed by atoms with Crippen LogP contribution in [-0.4, -0.2) is 108 Å². The van der Waals surface area contributed by atoms with Crippen LogP contribution in [0.25, 0.3) is 0 Å². The van der Waals surface area contributed by atoms with Crippen molar-refractivity contribution in [3.8, 4) is 11.5 Å². The molecule has 5 rings (SSSR count). The Morgan fingerprint density at radius 3 is 2.46 bits per heavy atom. The minimum atomic E-state index is -2.25. The molecular weight excluding hydrogens is 462 g/mol. The van der Waals surface area contributed by atoms with Crippen LogP contribution in [0.15, 0.2) is 18.2 Å². The number of rotatable bonds is 6. The first-order chi connectivity index (χ1) is 16.7. The maximum absolute atomic E-state index is 11.7. The number of aliphatic hydroxyl groups is 4. The molecule has 196 valence electrons. The van der Waals surface area contributed by atoms with Gasteiger partial charge >= 0.3 is 0 Å². The molecular formula is C23H35N3O9. The molecule has 4 aliphatic rings. The summed E-state index contributed by atoms with van der Waals surface area (Å²) >= 11 is 0. The molecule has 1 aliphatic carbocycles. The van der Waals surface area contributed by atoms with Crippen molar-refractivity contribution in [3.05, 3.63) is 23.8 Å². The standard InChI is InChI=1S/C23H35N3O9/c1-11-7-22(29,9-26-8-12-4-5-13-14(6-12)32-10-31-13)23(30)21(33-11)34-20-18(28)15(24-2)17(27)16(25-3)19(20)35-23/h4-6,11,15-21,24-30H,7-10H2,1-3H3. The average molecular weight is 498 g/mol. The van der Waals surface area contributed by atoms with Crippen LogP contribution in [-0.2, 0) is 20.8 Å². The van der Waals surface area contributed by atoms with Gasteiger partial charge in [0.25, 0.3) is 0 Å². The highest BCUT2D eigenvalue weighted by molar-refractivity contribution is 5.44. The SMILES string of the molecule is CNC1C(O)C(NC)C2OC3(O)C(OC(C)CC3(O)CNCc3ccc4c(c3)OCO4)OC2C1O. The van der Waals surface area contributed by atoms with Crippen LogP contribution in [0.3, 0.4) is 0 Å². The van der Waals surface area contributed by atoms with E-state index < -0.39 is 60.3 Å². The number of likely N-dealkylation sites (N-methyl/N-ethyl adjacent to an activating group) is 2. The summed E-state index contributed by atoms with van der Waals surface area (Å²) in [5.74, 6) is -0.908. The number of hydrogen-bond donors (Lipinski definition) is 7. The van der Waals surface area contributed by atoms with Gasteiger partial charge in [0.05, 0.1) is 24.3 Å². The minimum Gasteiger partial charge on any atom is -0.454 e. The maximum Gasteiger partial charge on any atom is 0.249 e. The lowest BCUT2D eigenvalue weighted by Crippen LogP contribution is -2.81. The number of ether oxygens (including phenoxy) is 5. The number of aliphatic hydroxyl groups excluding tert-OH is 2. The zero-order valence-corrected chi connectivity index (χ0v) is 20.0. The van der Waals surface area contributed by atoms with Crippen molar-refractivity contribution < 1.29 is 44.1 Å². The van der Waals surface area contributed by atoms with Crippen molar-refractivity contribution in [2.24, 2.45) is 0 Å². The molecule has 7 N–H and O–H groups in total. The summed E-state index contributed by atoms with van der Waals surface area (Å²) in [5.41, 5.74) is -0.876. The van der Waals surface area contributed by atoms with Gasteiger partial charge < -0.3 is 60.1 Å². The summed E-state index contributed by atoms with van der Waals surface area (Å²) in [5, 5.41) is 54.2. The van der Waals surface area contributed by atoms with E-state index in [2.05, 4.69) is 16.0 Å². The van der Waals surface area contributed by atoms with Crippen LogP contribution in [0.5, 0.6) is 11.5 Å². The minimum absolute atomic E-state index is 0.0304. The highest BCUT2D eigenvalue weighted by atomic mass is 16.8. The molecule has 1 aromatic rings. The van der Waals surface area contributed by atoms with Gasteiger partial charge in [-0.1, -0.05) is 6.07 Å². The van der Waals surface area contributed by atoms with Gasteiger partial charge in [-0.05, 0) is 38.7 Å². The Labute approximate surface area is 203 Å². The van der Waals surface area contributed by atoms with Gasteiger partial charge in [0.1, 0.15) is 23.9 Å². The van der Waals surface area contributed by atoms with Crippen molar-refractivity contribution in [3.63, 3.8) is 0 Å². The highest BCUT2D eigenvalue weighted by Gasteiger charge is 2.68. The zero-order chi connectivity index (χ0) is 25.0.